The summed E-state index contributed by atoms with van der Waals surface area (Å²) in [4.78, 5) is 22.7. The fourth-order valence-corrected chi connectivity index (χ4v) is 2.32. The summed E-state index contributed by atoms with van der Waals surface area (Å²) in [5.41, 5.74) is 0.323. The van der Waals surface area contributed by atoms with Crippen LogP contribution < -0.4 is 10.6 Å². The minimum Gasteiger partial charge on any atom is -0.478 e. The Bertz CT molecular complexity index is 530. The van der Waals surface area contributed by atoms with Crippen molar-refractivity contribution >= 4 is 29.3 Å². The summed E-state index contributed by atoms with van der Waals surface area (Å²) in [6.07, 6.45) is 3.15. The summed E-state index contributed by atoms with van der Waals surface area (Å²) < 4.78 is 5.51. The van der Waals surface area contributed by atoms with Gasteiger partial charge in [-0.1, -0.05) is 11.6 Å². The molecule has 1 heterocycles. The highest BCUT2D eigenvalue weighted by molar-refractivity contribution is 6.33. The molecular formula is C14H17ClN2O4. The molecule has 1 atom stereocenters. The summed E-state index contributed by atoms with van der Waals surface area (Å²) >= 11 is 5.76. The normalized spacial score (nSPS) is 18.0. The van der Waals surface area contributed by atoms with E-state index in [4.69, 9.17) is 21.4 Å². The molecule has 0 spiro atoms. The number of nitrogens with one attached hydrogen (secondary N) is 2. The summed E-state index contributed by atoms with van der Waals surface area (Å²) in [6.45, 7) is 1.17. The highest BCUT2D eigenvalue weighted by atomic mass is 35.5. The Balaban J connectivity index is 1.87. The molecule has 7 heteroatoms. The van der Waals surface area contributed by atoms with Gasteiger partial charge in [-0.05, 0) is 37.5 Å². The number of anilines is 1. The largest absolute Gasteiger partial charge is 0.478 e. The van der Waals surface area contributed by atoms with Crippen molar-refractivity contribution in [1.82, 2.24) is 5.32 Å². The number of benzene rings is 1. The first kappa shape index (κ1) is 15.6. The molecule has 1 aliphatic rings. The first-order chi connectivity index (χ1) is 10.1. The maximum atomic E-state index is 11.8. The predicted molar refractivity (Wildman–Crippen MR) is 79.0 cm³/mol. The molecule has 1 aliphatic heterocycles. The van der Waals surface area contributed by atoms with Crippen LogP contribution in [0.1, 0.15) is 29.6 Å². The number of hydrogen-bond acceptors (Lipinski definition) is 3. The lowest BCUT2D eigenvalue weighted by molar-refractivity contribution is 0.0187. The van der Waals surface area contributed by atoms with E-state index in [9.17, 15) is 9.59 Å². The van der Waals surface area contributed by atoms with Crippen molar-refractivity contribution < 1.29 is 19.4 Å². The van der Waals surface area contributed by atoms with Crippen LogP contribution in [0.15, 0.2) is 18.2 Å². The van der Waals surface area contributed by atoms with E-state index in [2.05, 4.69) is 10.6 Å². The number of halogens is 1. The Morgan fingerprint density at radius 1 is 1.38 bits per heavy atom. The van der Waals surface area contributed by atoms with Crippen LogP contribution in [0.3, 0.4) is 0 Å². The summed E-state index contributed by atoms with van der Waals surface area (Å²) in [6, 6.07) is 3.90. The second kappa shape index (κ2) is 7.28. The monoisotopic (exact) mass is 312 g/mol. The molecule has 1 fully saturated rings. The van der Waals surface area contributed by atoms with Crippen LogP contribution in [0.2, 0.25) is 5.02 Å². The van der Waals surface area contributed by atoms with Gasteiger partial charge in [0.1, 0.15) is 0 Å². The molecule has 1 unspecified atom stereocenters. The van der Waals surface area contributed by atoms with Crippen molar-refractivity contribution in [2.75, 3.05) is 18.5 Å². The highest BCUT2D eigenvalue weighted by Crippen LogP contribution is 2.20. The summed E-state index contributed by atoms with van der Waals surface area (Å²) in [5, 5.41) is 14.4. The van der Waals surface area contributed by atoms with Crippen molar-refractivity contribution in [2.45, 2.75) is 25.4 Å². The molecule has 2 rings (SSSR count). The molecule has 0 saturated carbocycles. The number of carbonyl (C=O) groups is 2. The Morgan fingerprint density at radius 3 is 2.86 bits per heavy atom. The number of carboxylic acid groups (broad SMARTS) is 1. The van der Waals surface area contributed by atoms with Gasteiger partial charge < -0.3 is 20.5 Å². The summed E-state index contributed by atoms with van der Waals surface area (Å²) in [5.74, 6) is -1.14. The number of ether oxygens (including phenoxy) is 1. The summed E-state index contributed by atoms with van der Waals surface area (Å²) in [7, 11) is 0. The van der Waals surface area contributed by atoms with E-state index in [1.54, 1.807) is 6.07 Å². The predicted octanol–water partition coefficient (Wildman–Crippen LogP) is 2.73. The number of rotatable bonds is 4. The van der Waals surface area contributed by atoms with Gasteiger partial charge in [0.25, 0.3) is 0 Å². The first-order valence-electron chi connectivity index (χ1n) is 6.75. The molecule has 21 heavy (non-hydrogen) atoms. The van der Waals surface area contributed by atoms with Gasteiger partial charge in [-0.3, -0.25) is 0 Å². The molecule has 0 aliphatic carbocycles. The average Bonchev–Trinajstić information content (AvgIpc) is 2.48. The quantitative estimate of drug-likeness (QED) is 0.797. The first-order valence-corrected chi connectivity index (χ1v) is 7.13. The zero-order valence-corrected chi connectivity index (χ0v) is 12.2. The number of carboxylic acids is 1. The van der Waals surface area contributed by atoms with Gasteiger partial charge >= 0.3 is 12.0 Å². The third-order valence-electron chi connectivity index (χ3n) is 3.22. The van der Waals surface area contributed by atoms with Crippen molar-refractivity contribution in [2.24, 2.45) is 0 Å². The van der Waals surface area contributed by atoms with Crippen LogP contribution >= 0.6 is 11.6 Å². The SMILES string of the molecule is O=C(NCC1CCCCO1)Nc1ccc(Cl)c(C(=O)O)c1. The second-order valence-electron chi connectivity index (χ2n) is 4.82. The molecule has 1 aromatic rings. The van der Waals surface area contributed by atoms with E-state index in [0.29, 0.717) is 12.2 Å². The highest BCUT2D eigenvalue weighted by Gasteiger charge is 2.15. The van der Waals surface area contributed by atoms with E-state index in [0.717, 1.165) is 25.9 Å². The van der Waals surface area contributed by atoms with Crippen LogP contribution in [0.4, 0.5) is 10.5 Å². The van der Waals surface area contributed by atoms with Crippen LogP contribution in [-0.4, -0.2) is 36.4 Å². The van der Waals surface area contributed by atoms with Gasteiger partial charge in [-0.15, -0.1) is 0 Å². The molecule has 3 N–H and O–H groups in total. The number of urea groups is 1. The topological polar surface area (TPSA) is 87.7 Å². The zero-order valence-electron chi connectivity index (χ0n) is 11.4. The minimum atomic E-state index is -1.14. The fraction of sp³-hybridized carbons (Fsp3) is 0.429. The van der Waals surface area contributed by atoms with E-state index in [1.165, 1.54) is 12.1 Å². The molecular weight excluding hydrogens is 296 g/mol. The van der Waals surface area contributed by atoms with E-state index < -0.39 is 12.0 Å². The van der Waals surface area contributed by atoms with Crippen LogP contribution in [0, 0.1) is 0 Å². The van der Waals surface area contributed by atoms with Crippen LogP contribution in [0.25, 0.3) is 0 Å². The van der Waals surface area contributed by atoms with E-state index >= 15 is 0 Å². The van der Waals surface area contributed by atoms with Crippen molar-refractivity contribution in [3.8, 4) is 0 Å². The van der Waals surface area contributed by atoms with E-state index in [1.807, 2.05) is 0 Å². The zero-order chi connectivity index (χ0) is 15.2. The molecule has 1 aromatic carbocycles. The Labute approximate surface area is 127 Å². The van der Waals surface area contributed by atoms with Crippen molar-refractivity contribution in [3.05, 3.63) is 28.8 Å². The third kappa shape index (κ3) is 4.61. The molecule has 2 amide bonds. The Kier molecular flexibility index (Phi) is 5.41. The molecule has 1 saturated heterocycles. The fourth-order valence-electron chi connectivity index (χ4n) is 2.12. The lowest BCUT2D eigenvalue weighted by Crippen LogP contribution is -2.37. The van der Waals surface area contributed by atoms with Crippen molar-refractivity contribution in [3.63, 3.8) is 0 Å². The number of aromatic carboxylic acids is 1. The van der Waals surface area contributed by atoms with Crippen LogP contribution in [-0.2, 0) is 4.74 Å². The van der Waals surface area contributed by atoms with Gasteiger partial charge in [0.2, 0.25) is 0 Å². The van der Waals surface area contributed by atoms with E-state index in [-0.39, 0.29) is 16.7 Å². The smallest absolute Gasteiger partial charge is 0.337 e. The van der Waals surface area contributed by atoms with Crippen molar-refractivity contribution in [1.29, 1.82) is 0 Å². The van der Waals surface area contributed by atoms with Gasteiger partial charge in [0, 0.05) is 18.8 Å². The van der Waals surface area contributed by atoms with Gasteiger partial charge in [0.05, 0.1) is 16.7 Å². The molecule has 0 radical (unpaired) electrons. The standard InChI is InChI=1S/C14H17ClN2O4/c15-12-5-4-9(7-11(12)13(18)19)17-14(20)16-8-10-3-1-2-6-21-10/h4-5,7,10H,1-3,6,8H2,(H,18,19)(H2,16,17,20). The van der Waals surface area contributed by atoms with Crippen LogP contribution in [0.5, 0.6) is 0 Å². The molecule has 0 aromatic heterocycles. The third-order valence-corrected chi connectivity index (χ3v) is 3.55. The lowest BCUT2D eigenvalue weighted by Gasteiger charge is -2.22. The van der Waals surface area contributed by atoms with Gasteiger partial charge in [-0.2, -0.15) is 0 Å². The Morgan fingerprint density at radius 2 is 2.19 bits per heavy atom. The lowest BCUT2D eigenvalue weighted by atomic mass is 10.1. The molecule has 114 valence electrons. The average molecular weight is 313 g/mol. The molecule has 6 nitrogen and oxygen atoms in total. The minimum absolute atomic E-state index is 0.0456. The second-order valence-corrected chi connectivity index (χ2v) is 5.23. The van der Waals surface area contributed by atoms with Gasteiger partial charge in [0.15, 0.2) is 0 Å². The van der Waals surface area contributed by atoms with Gasteiger partial charge in [-0.25, -0.2) is 9.59 Å². The Hall–Kier alpha value is -1.79. The maximum Gasteiger partial charge on any atom is 0.337 e. The number of hydrogen-bond donors (Lipinski definition) is 3. The number of amides is 2. The number of carbonyl (C=O) groups excluding carboxylic acids is 1. The molecule has 0 bridgehead atoms. The maximum absolute atomic E-state index is 11.8.